The average Bonchev–Trinajstić information content (AvgIpc) is 3.72. The van der Waals surface area contributed by atoms with Crippen LogP contribution in [0, 0.1) is 25.2 Å². The van der Waals surface area contributed by atoms with E-state index in [1.54, 1.807) is 30.5 Å². The van der Waals surface area contributed by atoms with E-state index < -0.39 is 5.91 Å². The van der Waals surface area contributed by atoms with E-state index in [1.807, 2.05) is 62.4 Å². The number of rotatable bonds is 19. The molecular formula is C45H50BrClN10O3S. The van der Waals surface area contributed by atoms with Gasteiger partial charge in [-0.2, -0.15) is 5.26 Å². The molecule has 5 aromatic rings. The Balaban J connectivity index is 0.877. The van der Waals surface area contributed by atoms with Crippen LogP contribution in [0.15, 0.2) is 83.1 Å². The maximum absolute atomic E-state index is 13.0. The number of nitrogens with one attached hydrogen (secondary N) is 3. The van der Waals surface area contributed by atoms with Gasteiger partial charge in [0.15, 0.2) is 5.13 Å². The second-order valence-electron chi connectivity index (χ2n) is 14.7. The lowest BCUT2D eigenvalue weighted by Crippen LogP contribution is -2.47. The SMILES string of the molecule is CCCC(NC(=O)/C(C#N)=C/c1cccc(Br)n1)c1ccc(OCCCCCCN2CCN(c3cc(Nc4ncc(C(=O)Nc5c(C)cccc5Cl)s4)nc(C)n3)CC2)cc1. The van der Waals surface area contributed by atoms with E-state index in [2.05, 4.69) is 63.6 Å². The number of nitriles is 1. The van der Waals surface area contributed by atoms with Crippen LogP contribution in [0.4, 0.5) is 22.5 Å². The second kappa shape index (κ2) is 22.4. The highest BCUT2D eigenvalue weighted by atomic mass is 79.9. The minimum atomic E-state index is -0.426. The summed E-state index contributed by atoms with van der Waals surface area (Å²) in [6.07, 6.45) is 8.99. The number of halogens is 2. The van der Waals surface area contributed by atoms with Crippen molar-refractivity contribution in [2.24, 2.45) is 0 Å². The van der Waals surface area contributed by atoms with Crippen LogP contribution >= 0.6 is 38.9 Å². The number of hydrogen-bond acceptors (Lipinski definition) is 12. The van der Waals surface area contributed by atoms with Crippen molar-refractivity contribution in [2.45, 2.75) is 65.3 Å². The van der Waals surface area contributed by atoms with Crippen molar-refractivity contribution < 1.29 is 14.3 Å². The highest BCUT2D eigenvalue weighted by Gasteiger charge is 2.21. The molecule has 1 atom stereocenters. The lowest BCUT2D eigenvalue weighted by molar-refractivity contribution is -0.117. The molecule has 4 heterocycles. The van der Waals surface area contributed by atoms with Crippen molar-refractivity contribution in [2.75, 3.05) is 54.9 Å². The molecule has 1 unspecified atom stereocenters. The maximum atomic E-state index is 13.0. The van der Waals surface area contributed by atoms with Crippen molar-refractivity contribution in [1.29, 1.82) is 5.26 Å². The Morgan fingerprint density at radius 3 is 2.51 bits per heavy atom. The highest BCUT2D eigenvalue weighted by Crippen LogP contribution is 2.29. The second-order valence-corrected chi connectivity index (χ2v) is 17.0. The van der Waals surface area contributed by atoms with Gasteiger partial charge in [-0.15, -0.1) is 0 Å². The number of aryl methyl sites for hydroxylation is 2. The average molecular weight is 926 g/mol. The molecular weight excluding hydrogens is 876 g/mol. The summed E-state index contributed by atoms with van der Waals surface area (Å²) in [6.45, 7) is 11.2. The predicted molar refractivity (Wildman–Crippen MR) is 247 cm³/mol. The fourth-order valence-electron chi connectivity index (χ4n) is 6.92. The number of carbonyl (C=O) groups excluding carboxylic acids is 2. The monoisotopic (exact) mass is 924 g/mol. The Bertz CT molecular complexity index is 2320. The maximum Gasteiger partial charge on any atom is 0.267 e. The first-order chi connectivity index (χ1) is 29.6. The van der Waals surface area contributed by atoms with Crippen molar-refractivity contribution in [3.8, 4) is 11.8 Å². The van der Waals surface area contributed by atoms with E-state index in [1.165, 1.54) is 17.4 Å². The molecule has 3 N–H and O–H groups in total. The van der Waals surface area contributed by atoms with E-state index >= 15 is 0 Å². The van der Waals surface area contributed by atoms with Crippen LogP contribution in [0.3, 0.4) is 0 Å². The van der Waals surface area contributed by atoms with Crippen LogP contribution in [0.1, 0.15) is 83.8 Å². The first-order valence-electron chi connectivity index (χ1n) is 20.5. The summed E-state index contributed by atoms with van der Waals surface area (Å²) in [4.78, 5) is 49.2. The van der Waals surface area contributed by atoms with Gasteiger partial charge in [0.1, 0.15) is 44.3 Å². The van der Waals surface area contributed by atoms with Gasteiger partial charge in [-0.1, -0.05) is 79.5 Å². The van der Waals surface area contributed by atoms with Crippen LogP contribution in [0.2, 0.25) is 5.02 Å². The molecule has 16 heteroatoms. The minimum absolute atomic E-state index is 0.00561. The number of nitrogens with zero attached hydrogens (tertiary/aromatic N) is 7. The third-order valence-electron chi connectivity index (χ3n) is 10.1. The quantitative estimate of drug-likeness (QED) is 0.0313. The van der Waals surface area contributed by atoms with E-state index in [-0.39, 0.29) is 17.5 Å². The minimum Gasteiger partial charge on any atom is -0.494 e. The fourth-order valence-corrected chi connectivity index (χ4v) is 8.26. The van der Waals surface area contributed by atoms with Crippen LogP contribution < -0.4 is 25.6 Å². The van der Waals surface area contributed by atoms with E-state index in [9.17, 15) is 14.9 Å². The number of ether oxygens (including phenoxy) is 1. The topological polar surface area (TPSA) is 161 Å². The first kappa shape index (κ1) is 45.1. The van der Waals surface area contributed by atoms with Gasteiger partial charge >= 0.3 is 0 Å². The molecule has 3 aromatic heterocycles. The molecule has 2 amide bonds. The van der Waals surface area contributed by atoms with Crippen LogP contribution in [-0.2, 0) is 4.79 Å². The van der Waals surface area contributed by atoms with Crippen molar-refractivity contribution in [3.63, 3.8) is 0 Å². The molecule has 13 nitrogen and oxygen atoms in total. The third-order valence-corrected chi connectivity index (χ3v) is 11.8. The number of para-hydroxylation sites is 1. The van der Waals surface area contributed by atoms with Crippen molar-refractivity contribution in [3.05, 3.63) is 116 Å². The first-order valence-corrected chi connectivity index (χ1v) is 22.5. The van der Waals surface area contributed by atoms with Gasteiger partial charge in [0.05, 0.1) is 35.2 Å². The van der Waals surface area contributed by atoms with Gasteiger partial charge < -0.3 is 25.6 Å². The van der Waals surface area contributed by atoms with Gasteiger partial charge in [-0.25, -0.2) is 19.9 Å². The Morgan fingerprint density at radius 1 is 1.00 bits per heavy atom. The van der Waals surface area contributed by atoms with Crippen LogP contribution in [0.5, 0.6) is 5.75 Å². The van der Waals surface area contributed by atoms with Crippen LogP contribution in [0.25, 0.3) is 6.08 Å². The zero-order valence-corrected chi connectivity index (χ0v) is 37.7. The highest BCUT2D eigenvalue weighted by molar-refractivity contribution is 9.10. The normalized spacial score (nSPS) is 13.6. The molecule has 1 fully saturated rings. The smallest absolute Gasteiger partial charge is 0.267 e. The summed E-state index contributed by atoms with van der Waals surface area (Å²) in [5.74, 6) is 2.26. The molecule has 1 saturated heterocycles. The third kappa shape index (κ3) is 13.3. The summed E-state index contributed by atoms with van der Waals surface area (Å²) in [6, 6.07) is 22.4. The molecule has 0 bridgehead atoms. The largest absolute Gasteiger partial charge is 0.494 e. The number of benzene rings is 2. The number of amides is 2. The number of carbonyl (C=O) groups is 2. The zero-order chi connectivity index (χ0) is 43.1. The van der Waals surface area contributed by atoms with Gasteiger partial charge in [0.2, 0.25) is 0 Å². The number of piperazine rings is 1. The Morgan fingerprint density at radius 2 is 1.77 bits per heavy atom. The predicted octanol–water partition coefficient (Wildman–Crippen LogP) is 9.68. The summed E-state index contributed by atoms with van der Waals surface area (Å²) in [7, 11) is 0. The Labute approximate surface area is 374 Å². The molecule has 1 aliphatic heterocycles. The number of anilines is 4. The van der Waals surface area contributed by atoms with Gasteiger partial charge in [-0.3, -0.25) is 14.5 Å². The number of unbranched alkanes of at least 4 members (excludes halogenated alkanes) is 3. The molecule has 1 aliphatic rings. The lowest BCUT2D eigenvalue weighted by atomic mass is 10.0. The van der Waals surface area contributed by atoms with E-state index in [4.69, 9.17) is 21.3 Å². The molecule has 2 aromatic carbocycles. The number of hydrogen-bond donors (Lipinski definition) is 3. The van der Waals surface area contributed by atoms with Crippen molar-refractivity contribution >= 4 is 79.2 Å². The summed E-state index contributed by atoms with van der Waals surface area (Å²) < 4.78 is 6.68. The number of thiazole rings is 1. The van der Waals surface area contributed by atoms with Gasteiger partial charge in [0.25, 0.3) is 11.8 Å². The standard InChI is InChI=1S/C45H50BrClN10O3S/c1-4-11-37(53-43(58)33(28-48)26-34-13-10-15-39(46)52-34)32-16-18-35(19-17-32)60-25-8-6-5-7-20-56-21-23-57(24-22-56)41-27-40(50-31(3)51-41)54-45-49-29-38(61-45)44(59)55-42-30(2)12-9-14-36(42)47/h9-10,12-19,26-27,29,37H,4-8,11,20-25H2,1-3H3,(H,53,58)(H,55,59)(H,49,50,51,54)/b33-26+. The molecule has 0 radical (unpaired) electrons. The fraction of sp³-hybridized carbons (Fsp3) is 0.356. The molecule has 0 aliphatic carbocycles. The van der Waals surface area contributed by atoms with Gasteiger partial charge in [-0.05, 0) is 103 Å². The molecule has 0 spiro atoms. The number of aromatic nitrogens is 4. The molecule has 318 valence electrons. The van der Waals surface area contributed by atoms with Crippen molar-refractivity contribution in [1.82, 2.24) is 30.2 Å². The molecule has 61 heavy (non-hydrogen) atoms. The molecule has 6 rings (SSSR count). The summed E-state index contributed by atoms with van der Waals surface area (Å²) in [5.41, 5.74) is 2.98. The van der Waals surface area contributed by atoms with E-state index in [0.717, 1.165) is 93.9 Å². The van der Waals surface area contributed by atoms with Crippen LogP contribution in [-0.4, -0.2) is 76.0 Å². The summed E-state index contributed by atoms with van der Waals surface area (Å²) in [5, 5.41) is 19.9. The summed E-state index contributed by atoms with van der Waals surface area (Å²) >= 11 is 10.9. The van der Waals surface area contributed by atoms with Gasteiger partial charge in [0, 0.05) is 32.2 Å². The number of pyridine rings is 1. The Kier molecular flexibility index (Phi) is 16.6. The zero-order valence-electron chi connectivity index (χ0n) is 34.6. The lowest BCUT2D eigenvalue weighted by Gasteiger charge is -2.35. The van der Waals surface area contributed by atoms with E-state index in [0.29, 0.717) is 49.3 Å². The Hall–Kier alpha value is -5.40. The molecule has 0 saturated carbocycles.